The van der Waals surface area contributed by atoms with Gasteiger partial charge in [-0.2, -0.15) is 0 Å². The molecule has 0 spiro atoms. The van der Waals surface area contributed by atoms with Crippen LogP contribution in [-0.2, 0) is 28.2 Å². The molecule has 0 saturated carbocycles. The molecule has 4 heterocycles. The molecule has 4 heteroatoms. The molecular weight excluding hydrogens is 1490 g/mol. The van der Waals surface area contributed by atoms with Crippen molar-refractivity contribution in [3.8, 4) is 145 Å². The Balaban J connectivity index is 0.000000159. The van der Waals surface area contributed by atoms with E-state index in [4.69, 9.17) is 37.0 Å². The Labute approximate surface area is 771 Å². The Morgan fingerprint density at radius 3 is 0.943 bits per heavy atom. The largest absolute Gasteiger partial charge is 0.213 e. The van der Waals surface area contributed by atoms with Crippen molar-refractivity contribution in [1.82, 2.24) is 0 Å². The zero-order valence-electron chi connectivity index (χ0n) is 98.5. The standard InChI is InChI=1S/C35H34N.C29H30N.C28H28N.C27H26N/c1-23-15-17-31(24(2)19-23)34-21-35(36(6)22-26(34)4)33-14-10-13-32(27(33)5)30-18-16-29(20-25(30)3)28-11-8-7-9-12-28;1-19-13-14-25(22(4)17-19)26-11-8-12-27(23(26)5)28-18-24(15-16-30(28)6)29-20(2)9-7-10-21(29)3;1-19-17-28(29(5)18-21(19)3)27-13-9-12-26(22(27)4)25-15-14-24(16-20(25)2)23-10-7-6-8-11-23;1-19-11-13-22(14-12-19)23-15-16-24(20(2)18-23)25-8-7-9-26(21(25)3)27-10-5-6-17-28(27)4/h7-22H,1-6H3;7-18H,1-6H3;6-18H,1-5H3;5-18H,1-4H3/q4*+1/i2*2D3,3D3,4D3;2D3,3D3;2D3. The molecule has 17 rings (SSSR count). The predicted molar refractivity (Wildman–Crippen MR) is 522 cm³/mol. The topological polar surface area (TPSA) is 15.5 Å². The van der Waals surface area contributed by atoms with E-state index >= 15 is 0 Å². The summed E-state index contributed by atoms with van der Waals surface area (Å²) in [5.41, 5.74) is 28.4. The number of aromatic nitrogens is 4. The Morgan fingerprint density at radius 1 is 0.179 bits per heavy atom. The summed E-state index contributed by atoms with van der Waals surface area (Å²) in [7, 11) is 7.46. The van der Waals surface area contributed by atoms with Crippen LogP contribution in [0.15, 0.2) is 334 Å². The summed E-state index contributed by atoms with van der Waals surface area (Å²) >= 11 is 0. The molecule has 4 aromatic heterocycles. The third kappa shape index (κ3) is 18.8. The van der Waals surface area contributed by atoms with Crippen molar-refractivity contribution in [2.45, 2.75) is 117 Å². The van der Waals surface area contributed by atoms with Gasteiger partial charge >= 0.3 is 0 Å². The monoisotopic (exact) mass is 1630 g/mol. The van der Waals surface area contributed by atoms with Crippen LogP contribution in [0.25, 0.3) is 145 Å². The van der Waals surface area contributed by atoms with Crippen molar-refractivity contribution in [1.29, 1.82) is 0 Å². The van der Waals surface area contributed by atoms with E-state index < -0.39 is 61.7 Å². The highest BCUT2D eigenvalue weighted by Gasteiger charge is 2.25. The lowest BCUT2D eigenvalue weighted by Gasteiger charge is -2.15. The maximum absolute atomic E-state index is 8.37. The predicted octanol–water partition coefficient (Wildman–Crippen LogP) is 29.0. The molecule has 0 amide bonds. The van der Waals surface area contributed by atoms with E-state index in [0.717, 1.165) is 134 Å². The third-order valence-electron chi connectivity index (χ3n) is 23.2. The molecule has 0 saturated heterocycles. The summed E-state index contributed by atoms with van der Waals surface area (Å²) in [4.78, 5) is 0. The normalized spacial score (nSPS) is 15.1. The van der Waals surface area contributed by atoms with Crippen molar-refractivity contribution in [3.05, 3.63) is 429 Å². The van der Waals surface area contributed by atoms with Gasteiger partial charge in [-0.1, -0.05) is 259 Å². The van der Waals surface area contributed by atoms with Crippen LogP contribution in [0.3, 0.4) is 0 Å². The van der Waals surface area contributed by atoms with Crippen LogP contribution >= 0.6 is 0 Å². The first kappa shape index (κ1) is 57.6. The van der Waals surface area contributed by atoms with Gasteiger partial charge in [0.1, 0.15) is 28.2 Å². The lowest BCUT2D eigenvalue weighted by atomic mass is 9.89. The molecule has 0 unspecified atom stereocenters. The zero-order chi connectivity index (χ0) is 110. The Hall–Kier alpha value is -13.5. The number of rotatable bonds is 13. The molecule has 0 N–H and O–H groups in total. The van der Waals surface area contributed by atoms with Gasteiger partial charge in [0.05, 0.1) is 0 Å². The van der Waals surface area contributed by atoms with E-state index in [9.17, 15) is 0 Å². The number of hydrogen-bond acceptors (Lipinski definition) is 0. The van der Waals surface area contributed by atoms with E-state index in [1.807, 2.05) is 296 Å². The number of nitrogens with zero attached hydrogens (tertiary/aromatic N) is 4. The van der Waals surface area contributed by atoms with E-state index in [2.05, 4.69) is 23.6 Å². The second kappa shape index (κ2) is 37.6. The average Bonchev–Trinajstić information content (AvgIpc) is 0.828. The fraction of sp³-hybridized carbons (Fsp3) is 0.176. The maximum atomic E-state index is 8.37. The summed E-state index contributed by atoms with van der Waals surface area (Å²) in [6, 6.07) is 95.7. The van der Waals surface area contributed by atoms with E-state index in [1.54, 1.807) is 92.5 Å². The SMILES string of the molecule is [2H]C([2H])([2H])c1c[n+](C)c(-c2cccc(-c3ccc(-c4ccccc4)cc3C([2H])([2H])[2H])c2C)cc1C.[2H]C([2H])([2H])c1cc(-c2ccc(C)cc2)ccc1-c1cccc(-c2cccc[n+]2C)c1C.[2H]C([2H])([2H])c1cc(C)ccc1-c1cc(-c2cccc(-c3ccc(-c4ccccc4)cc3C([2H])([2H])[2H])c2C)[n+](C)cc1C([2H])([2H])[2H].[2H]C([2H])([2H])c1cc(C)ccc1-c1cccc(-c2cc(-c3c(C([2H])([2H])[2H])cccc3C([2H])([2H])[2H])cc[n+]2C)c1C. The van der Waals surface area contributed by atoms with E-state index in [1.165, 1.54) is 30.0 Å². The zero-order valence-corrected chi connectivity index (χ0v) is 71.5. The molecular formula is C119H118N4+4. The highest BCUT2D eigenvalue weighted by atomic mass is 14.9. The molecule has 123 heavy (non-hydrogen) atoms. The fourth-order valence-corrected chi connectivity index (χ4v) is 16.3. The molecule has 4 nitrogen and oxygen atoms in total. The first-order chi connectivity index (χ1) is 70.1. The van der Waals surface area contributed by atoms with Crippen LogP contribution in [0.4, 0.5) is 0 Å². The lowest BCUT2D eigenvalue weighted by molar-refractivity contribution is -0.660. The minimum Gasteiger partial charge on any atom is -0.201 e. The summed E-state index contributed by atoms with van der Waals surface area (Å²) in [6.45, 7) is -5.96. The lowest BCUT2D eigenvalue weighted by Crippen LogP contribution is -2.31. The molecule has 0 fully saturated rings. The molecule has 0 bridgehead atoms. The van der Waals surface area contributed by atoms with Gasteiger partial charge in [0.15, 0.2) is 24.8 Å². The smallest absolute Gasteiger partial charge is 0.201 e. The first-order valence-corrected chi connectivity index (χ1v) is 41.0. The second-order valence-corrected chi connectivity index (χ2v) is 31.7. The highest BCUT2D eigenvalue weighted by molar-refractivity contribution is 5.86. The van der Waals surface area contributed by atoms with Crippen molar-refractivity contribution < 1.29 is 55.3 Å². The third-order valence-corrected chi connectivity index (χ3v) is 23.2. The maximum Gasteiger partial charge on any atom is 0.213 e. The highest BCUT2D eigenvalue weighted by Crippen LogP contribution is 2.42. The number of aryl methyl sites for hydroxylation is 17. The van der Waals surface area contributed by atoms with Gasteiger partial charge in [-0.25, -0.2) is 18.3 Å². The Kier molecular flexibility index (Phi) is 17.6. The van der Waals surface area contributed by atoms with Crippen molar-refractivity contribution in [2.75, 3.05) is 0 Å². The molecule has 0 atom stereocenters. The summed E-state index contributed by atoms with van der Waals surface area (Å²) < 4.78 is 227. The summed E-state index contributed by atoms with van der Waals surface area (Å²) in [6.07, 6.45) is 6.99. The number of benzene rings is 13. The van der Waals surface area contributed by atoms with Crippen LogP contribution in [0.2, 0.25) is 0 Å². The number of hydrogen-bond donors (Lipinski definition) is 0. The summed E-state index contributed by atoms with van der Waals surface area (Å²) in [5, 5.41) is 0. The average molecular weight is 1630 g/mol. The minimum absolute atomic E-state index is 0.0247. The number of pyridine rings is 4. The molecule has 610 valence electrons. The van der Waals surface area contributed by atoms with Gasteiger partial charge < -0.3 is 0 Å². The van der Waals surface area contributed by atoms with Crippen LogP contribution in [0.1, 0.15) is 132 Å². The summed E-state index contributed by atoms with van der Waals surface area (Å²) in [5.74, 6) is 0. The van der Waals surface area contributed by atoms with Crippen LogP contribution in [0.5, 0.6) is 0 Å². The van der Waals surface area contributed by atoms with Gasteiger partial charge in [-0.3, -0.25) is 0 Å². The van der Waals surface area contributed by atoms with Crippen molar-refractivity contribution in [3.63, 3.8) is 0 Å². The quantitative estimate of drug-likeness (QED) is 0.102. The van der Waals surface area contributed by atoms with Crippen LogP contribution in [-0.4, -0.2) is 0 Å². The van der Waals surface area contributed by atoms with Crippen molar-refractivity contribution >= 4 is 0 Å². The Morgan fingerprint density at radius 2 is 0.512 bits per heavy atom. The van der Waals surface area contributed by atoms with Gasteiger partial charge in [0, 0.05) is 107 Å². The minimum atomic E-state index is -2.51. The molecule has 0 aliphatic rings. The van der Waals surface area contributed by atoms with E-state index in [-0.39, 0.29) is 38.9 Å². The van der Waals surface area contributed by atoms with Gasteiger partial charge in [0.25, 0.3) is 0 Å². The molecule has 0 aliphatic carbocycles. The van der Waals surface area contributed by atoms with Crippen LogP contribution in [0, 0.1) is 117 Å². The van der Waals surface area contributed by atoms with Gasteiger partial charge in [0.2, 0.25) is 22.8 Å². The van der Waals surface area contributed by atoms with E-state index in [0.29, 0.717) is 61.3 Å². The molecule has 17 aromatic rings. The first-order valence-electron chi connectivity index (χ1n) is 54.5. The van der Waals surface area contributed by atoms with Crippen LogP contribution < -0.4 is 18.3 Å². The fourth-order valence-electron chi connectivity index (χ4n) is 16.3. The molecule has 0 radical (unpaired) electrons. The Bertz CT molecular complexity index is 7860. The van der Waals surface area contributed by atoms with Gasteiger partial charge in [-0.15, -0.1) is 0 Å². The van der Waals surface area contributed by atoms with Crippen molar-refractivity contribution in [2.24, 2.45) is 28.2 Å². The van der Waals surface area contributed by atoms with Gasteiger partial charge in [-0.05, 0) is 314 Å². The second-order valence-electron chi connectivity index (χ2n) is 31.7. The molecule has 13 aromatic carbocycles. The molecule has 0 aliphatic heterocycles.